The topological polar surface area (TPSA) is 96.6 Å². The van der Waals surface area contributed by atoms with Crippen LogP contribution in [-0.4, -0.2) is 60.0 Å². The largest absolute Gasteiger partial charge is 0.335 e. The average molecular weight is 378 g/mol. The zero-order valence-corrected chi connectivity index (χ0v) is 14.7. The van der Waals surface area contributed by atoms with Crippen molar-refractivity contribution in [1.29, 1.82) is 0 Å². The van der Waals surface area contributed by atoms with E-state index in [1.165, 1.54) is 21.7 Å². The molecule has 0 atom stereocenters. The number of hydrogen-bond donors (Lipinski definition) is 0. The molecule has 3 aromatic rings. The summed E-state index contributed by atoms with van der Waals surface area (Å²) in [6.45, 7) is 1.17. The Bertz CT molecular complexity index is 1010. The molecule has 4 rings (SSSR count). The van der Waals surface area contributed by atoms with Crippen molar-refractivity contribution in [2.75, 3.05) is 26.2 Å². The van der Waals surface area contributed by atoms with E-state index >= 15 is 0 Å². The smallest absolute Gasteiger partial charge is 0.264 e. The second-order valence-corrected chi connectivity index (χ2v) is 8.42. The summed E-state index contributed by atoms with van der Waals surface area (Å²) in [5.74, 6) is -0.0603. The van der Waals surface area contributed by atoms with Gasteiger partial charge in [0.1, 0.15) is 10.4 Å². The number of hydrogen-bond acceptors (Lipinski definition) is 7. The molecule has 1 fully saturated rings. The number of rotatable bonds is 3. The van der Waals surface area contributed by atoms with Gasteiger partial charge in [0.15, 0.2) is 5.52 Å². The lowest BCUT2D eigenvalue weighted by Crippen LogP contribution is -2.50. The Morgan fingerprint density at radius 3 is 2.60 bits per heavy atom. The van der Waals surface area contributed by atoms with Crippen molar-refractivity contribution in [3.8, 4) is 0 Å². The van der Waals surface area contributed by atoms with Gasteiger partial charge in [0.05, 0.1) is 4.88 Å². The zero-order valence-electron chi connectivity index (χ0n) is 13.0. The fourth-order valence-corrected chi connectivity index (χ4v) is 5.07. The summed E-state index contributed by atoms with van der Waals surface area (Å²) in [6.07, 6.45) is 0. The zero-order chi connectivity index (χ0) is 17.4. The van der Waals surface area contributed by atoms with Crippen LogP contribution in [0.2, 0.25) is 0 Å². The van der Waals surface area contributed by atoms with E-state index in [0.717, 1.165) is 0 Å². The van der Waals surface area contributed by atoms with Crippen LogP contribution < -0.4 is 0 Å². The number of piperazine rings is 1. The molecule has 130 valence electrons. The third-order valence-corrected chi connectivity index (χ3v) is 6.91. The van der Waals surface area contributed by atoms with Gasteiger partial charge < -0.3 is 4.90 Å². The number of sulfonamides is 1. The molecule has 25 heavy (non-hydrogen) atoms. The predicted molar refractivity (Wildman–Crippen MR) is 90.8 cm³/mol. The maximum atomic E-state index is 12.9. The fourth-order valence-electron chi connectivity index (χ4n) is 2.82. The van der Waals surface area contributed by atoms with Crippen LogP contribution in [-0.2, 0) is 10.0 Å². The Labute approximate surface area is 147 Å². The highest BCUT2D eigenvalue weighted by molar-refractivity contribution is 7.89. The van der Waals surface area contributed by atoms with E-state index in [4.69, 9.17) is 0 Å². The van der Waals surface area contributed by atoms with Gasteiger partial charge in [0, 0.05) is 26.2 Å². The highest BCUT2D eigenvalue weighted by Gasteiger charge is 2.32. The van der Waals surface area contributed by atoms with Crippen LogP contribution in [0.25, 0.3) is 11.0 Å². The summed E-state index contributed by atoms with van der Waals surface area (Å²) in [7, 11) is -3.73. The first kappa shape index (κ1) is 16.2. The predicted octanol–water partition coefficient (Wildman–Crippen LogP) is 1.43. The molecule has 1 aliphatic rings. The lowest BCUT2D eigenvalue weighted by atomic mass is 10.3. The van der Waals surface area contributed by atoms with Crippen molar-refractivity contribution in [2.45, 2.75) is 4.90 Å². The Hall–Kier alpha value is -2.30. The van der Waals surface area contributed by atoms with Crippen molar-refractivity contribution in [3.63, 3.8) is 0 Å². The standard InChI is InChI=1S/C15H14N4O4S2/c20-15(12-4-2-10-24-12)18-6-8-19(9-7-18)25(21,22)13-5-1-3-11-14(13)17-23-16-11/h1-5,10H,6-9H2. The Morgan fingerprint density at radius 1 is 1.08 bits per heavy atom. The van der Waals surface area contributed by atoms with Gasteiger partial charge >= 0.3 is 0 Å². The minimum Gasteiger partial charge on any atom is -0.335 e. The number of amides is 1. The molecule has 0 spiro atoms. The third kappa shape index (κ3) is 2.81. The minimum absolute atomic E-state index is 0.0603. The maximum absolute atomic E-state index is 12.9. The first-order chi connectivity index (χ1) is 12.1. The average Bonchev–Trinajstić information content (AvgIpc) is 3.32. The molecular formula is C15H14N4O4S2. The highest BCUT2D eigenvalue weighted by Crippen LogP contribution is 2.24. The van der Waals surface area contributed by atoms with E-state index in [1.807, 2.05) is 11.4 Å². The normalized spacial score (nSPS) is 16.4. The summed E-state index contributed by atoms with van der Waals surface area (Å²) in [5.41, 5.74) is 0.618. The van der Waals surface area contributed by atoms with Gasteiger partial charge in [-0.15, -0.1) is 11.3 Å². The Kier molecular flexibility index (Phi) is 4.02. The molecule has 0 N–H and O–H groups in total. The molecule has 10 heteroatoms. The molecule has 8 nitrogen and oxygen atoms in total. The number of benzene rings is 1. The Morgan fingerprint density at radius 2 is 1.88 bits per heavy atom. The SMILES string of the molecule is O=C(c1cccs1)N1CCN(S(=O)(=O)c2cccc3nonc23)CC1. The van der Waals surface area contributed by atoms with Crippen LogP contribution in [0.5, 0.6) is 0 Å². The van der Waals surface area contributed by atoms with Crippen molar-refractivity contribution in [1.82, 2.24) is 19.5 Å². The van der Waals surface area contributed by atoms with Gasteiger partial charge in [-0.05, 0) is 33.9 Å². The van der Waals surface area contributed by atoms with Crippen LogP contribution in [0.3, 0.4) is 0 Å². The van der Waals surface area contributed by atoms with Gasteiger partial charge in [-0.1, -0.05) is 12.1 Å². The van der Waals surface area contributed by atoms with Crippen LogP contribution in [0.1, 0.15) is 9.67 Å². The van der Waals surface area contributed by atoms with E-state index < -0.39 is 10.0 Å². The van der Waals surface area contributed by atoms with Crippen molar-refractivity contribution in [3.05, 3.63) is 40.6 Å². The van der Waals surface area contributed by atoms with E-state index in [9.17, 15) is 13.2 Å². The van der Waals surface area contributed by atoms with E-state index in [0.29, 0.717) is 23.5 Å². The molecule has 0 aliphatic carbocycles. The quantitative estimate of drug-likeness (QED) is 0.684. The molecular weight excluding hydrogens is 364 g/mol. The lowest BCUT2D eigenvalue weighted by molar-refractivity contribution is 0.0703. The number of nitrogens with zero attached hydrogens (tertiary/aromatic N) is 4. The molecule has 2 aromatic heterocycles. The number of fused-ring (bicyclic) bond motifs is 1. The number of thiophene rings is 1. The molecule has 1 amide bonds. The molecule has 1 aromatic carbocycles. The second kappa shape index (κ2) is 6.21. The molecule has 0 bridgehead atoms. The fraction of sp³-hybridized carbons (Fsp3) is 0.267. The van der Waals surface area contributed by atoms with Gasteiger partial charge in [0.2, 0.25) is 10.0 Å². The lowest BCUT2D eigenvalue weighted by Gasteiger charge is -2.33. The minimum atomic E-state index is -3.73. The second-order valence-electron chi connectivity index (χ2n) is 5.56. The first-order valence-electron chi connectivity index (χ1n) is 7.61. The van der Waals surface area contributed by atoms with Gasteiger partial charge in [0.25, 0.3) is 5.91 Å². The van der Waals surface area contributed by atoms with E-state index in [1.54, 1.807) is 23.1 Å². The third-order valence-electron chi connectivity index (χ3n) is 4.12. The van der Waals surface area contributed by atoms with E-state index in [-0.39, 0.29) is 29.4 Å². The van der Waals surface area contributed by atoms with Crippen LogP contribution in [0.4, 0.5) is 0 Å². The number of carbonyl (C=O) groups excluding carboxylic acids is 1. The number of aromatic nitrogens is 2. The van der Waals surface area contributed by atoms with Crippen LogP contribution in [0, 0.1) is 0 Å². The highest BCUT2D eigenvalue weighted by atomic mass is 32.2. The summed E-state index contributed by atoms with van der Waals surface area (Å²) < 4.78 is 31.9. The molecule has 1 saturated heterocycles. The first-order valence-corrected chi connectivity index (χ1v) is 9.93. The molecule has 0 radical (unpaired) electrons. The summed E-state index contributed by atoms with van der Waals surface area (Å²) in [6, 6.07) is 8.34. The molecule has 3 heterocycles. The molecule has 0 unspecified atom stereocenters. The van der Waals surface area contributed by atoms with Crippen molar-refractivity contribution in [2.24, 2.45) is 0 Å². The van der Waals surface area contributed by atoms with Gasteiger partial charge in [-0.3, -0.25) is 4.79 Å². The Balaban J connectivity index is 1.54. The monoisotopic (exact) mass is 378 g/mol. The van der Waals surface area contributed by atoms with E-state index in [2.05, 4.69) is 14.9 Å². The van der Waals surface area contributed by atoms with Crippen molar-refractivity contribution >= 4 is 38.3 Å². The van der Waals surface area contributed by atoms with Crippen LogP contribution >= 0.6 is 11.3 Å². The molecule has 1 aliphatic heterocycles. The van der Waals surface area contributed by atoms with Gasteiger partial charge in [-0.2, -0.15) is 4.31 Å². The summed E-state index contributed by atoms with van der Waals surface area (Å²) in [4.78, 5) is 14.8. The van der Waals surface area contributed by atoms with Crippen LogP contribution in [0.15, 0.2) is 45.2 Å². The maximum Gasteiger partial charge on any atom is 0.264 e. The summed E-state index contributed by atoms with van der Waals surface area (Å²) >= 11 is 1.38. The van der Waals surface area contributed by atoms with Gasteiger partial charge in [-0.25, -0.2) is 13.0 Å². The molecule has 0 saturated carbocycles. The number of carbonyl (C=O) groups is 1. The van der Waals surface area contributed by atoms with Crippen molar-refractivity contribution < 1.29 is 17.8 Å². The summed E-state index contributed by atoms with van der Waals surface area (Å²) in [5, 5.41) is 9.23.